The summed E-state index contributed by atoms with van der Waals surface area (Å²) in [5.74, 6) is -2.14. The lowest BCUT2D eigenvalue weighted by Crippen LogP contribution is -2.28. The third kappa shape index (κ3) is 7.53. The number of hydrogen-bond acceptors (Lipinski definition) is 10. The first-order valence-electron chi connectivity index (χ1n) is 13.7. The van der Waals surface area contributed by atoms with Gasteiger partial charge in [-0.1, -0.05) is 13.8 Å². The number of ketones is 1. The minimum Gasteiger partial charge on any atom is -0.493 e. The van der Waals surface area contributed by atoms with Crippen LogP contribution < -0.4 is 18.9 Å². The summed E-state index contributed by atoms with van der Waals surface area (Å²) in [4.78, 5) is 53.3. The fourth-order valence-electron chi connectivity index (χ4n) is 4.54. The molecule has 0 spiro atoms. The van der Waals surface area contributed by atoms with Crippen LogP contribution in [0.4, 0.5) is 0 Å². The SMILES string of the molecule is COc1cc2c(cc1OCCCOc1cc3nc(C(=O)CC(C)C(=O)O)sc3cc1OC)CN(C(=O)CC(C)C(=O)O)C2. The largest absolute Gasteiger partial charge is 0.493 e. The smallest absolute Gasteiger partial charge is 0.306 e. The minimum atomic E-state index is -1.03. The second kappa shape index (κ2) is 13.7. The zero-order chi connectivity index (χ0) is 31.3. The lowest BCUT2D eigenvalue weighted by Gasteiger charge is -2.16. The number of carbonyl (C=O) groups is 4. The molecule has 1 amide bonds. The molecule has 0 bridgehead atoms. The van der Waals surface area contributed by atoms with Gasteiger partial charge in [-0.2, -0.15) is 0 Å². The van der Waals surface area contributed by atoms with Gasteiger partial charge in [-0.05, 0) is 23.3 Å². The molecule has 13 heteroatoms. The number of amides is 1. The molecule has 0 radical (unpaired) electrons. The lowest BCUT2D eigenvalue weighted by atomic mass is 10.1. The van der Waals surface area contributed by atoms with E-state index in [1.807, 2.05) is 12.1 Å². The Kier molecular flexibility index (Phi) is 10.1. The number of Topliss-reactive ketones (excluding diaryl/α,β-unsaturated/α-hetero) is 1. The summed E-state index contributed by atoms with van der Waals surface area (Å²) in [6.45, 7) is 4.36. The zero-order valence-corrected chi connectivity index (χ0v) is 25.2. The Hall–Kier alpha value is -4.39. The Bertz CT molecular complexity index is 1530. The summed E-state index contributed by atoms with van der Waals surface area (Å²) in [5, 5.41) is 18.4. The van der Waals surface area contributed by atoms with Gasteiger partial charge in [0.2, 0.25) is 5.91 Å². The van der Waals surface area contributed by atoms with Crippen molar-refractivity contribution in [3.63, 3.8) is 0 Å². The zero-order valence-electron chi connectivity index (χ0n) is 24.4. The van der Waals surface area contributed by atoms with E-state index in [0.29, 0.717) is 61.2 Å². The second-order valence-electron chi connectivity index (χ2n) is 10.4. The lowest BCUT2D eigenvalue weighted by molar-refractivity contribution is -0.145. The number of fused-ring (bicyclic) bond motifs is 2. The van der Waals surface area contributed by atoms with Crippen LogP contribution in [0.25, 0.3) is 10.2 Å². The minimum absolute atomic E-state index is 0.0602. The van der Waals surface area contributed by atoms with E-state index < -0.39 is 23.8 Å². The number of thiazole rings is 1. The first-order valence-corrected chi connectivity index (χ1v) is 14.5. The van der Waals surface area contributed by atoms with Crippen molar-refractivity contribution in [3.8, 4) is 23.0 Å². The van der Waals surface area contributed by atoms with Crippen LogP contribution in [0.1, 0.15) is 54.0 Å². The van der Waals surface area contributed by atoms with E-state index >= 15 is 0 Å². The number of carboxylic acid groups (broad SMARTS) is 2. The van der Waals surface area contributed by atoms with Crippen LogP contribution in [0.5, 0.6) is 23.0 Å². The van der Waals surface area contributed by atoms with Crippen LogP contribution in [0.3, 0.4) is 0 Å². The van der Waals surface area contributed by atoms with Gasteiger partial charge in [-0.3, -0.25) is 19.2 Å². The molecule has 2 heterocycles. The van der Waals surface area contributed by atoms with Crippen molar-refractivity contribution in [2.45, 2.75) is 46.2 Å². The third-order valence-corrected chi connectivity index (χ3v) is 8.15. The highest BCUT2D eigenvalue weighted by Crippen LogP contribution is 2.37. The first-order chi connectivity index (χ1) is 20.5. The van der Waals surface area contributed by atoms with Gasteiger partial charge < -0.3 is 34.1 Å². The maximum absolute atomic E-state index is 12.6. The number of hydrogen-bond donors (Lipinski definition) is 2. The van der Waals surface area contributed by atoms with Crippen molar-refractivity contribution >= 4 is 45.2 Å². The van der Waals surface area contributed by atoms with Gasteiger partial charge in [0.05, 0.1) is 49.5 Å². The van der Waals surface area contributed by atoms with Gasteiger partial charge in [-0.15, -0.1) is 11.3 Å². The maximum atomic E-state index is 12.6. The Labute approximate surface area is 252 Å². The number of nitrogens with zero attached hydrogens (tertiary/aromatic N) is 2. The molecule has 2 unspecified atom stereocenters. The van der Waals surface area contributed by atoms with Gasteiger partial charge in [0.15, 0.2) is 33.8 Å². The average molecular weight is 615 g/mol. The molecule has 12 nitrogen and oxygen atoms in total. The summed E-state index contributed by atoms with van der Waals surface area (Å²) in [6.07, 6.45) is 0.329. The summed E-state index contributed by atoms with van der Waals surface area (Å²) in [7, 11) is 3.05. The number of aliphatic carboxylic acids is 2. The number of benzene rings is 2. The fraction of sp³-hybridized carbons (Fsp3) is 0.433. The van der Waals surface area contributed by atoms with Gasteiger partial charge >= 0.3 is 11.9 Å². The maximum Gasteiger partial charge on any atom is 0.306 e. The molecule has 1 aliphatic rings. The summed E-state index contributed by atoms with van der Waals surface area (Å²) in [6, 6.07) is 7.11. The standard InChI is InChI=1S/C30H34N2O10S/c1-16(29(35)36)8-21(33)28-31-20-12-25(23(40-4)13-26(20)43-28)42-7-5-6-41-24-11-19-15-32(14-18(19)10-22(24)39-3)27(34)9-17(2)30(37)38/h10-13,16-17H,5-9,14-15H2,1-4H3,(H,35,36)(H,37,38). The van der Waals surface area contributed by atoms with Gasteiger partial charge in [0.25, 0.3) is 0 Å². The molecule has 3 aromatic rings. The molecule has 0 saturated heterocycles. The van der Waals surface area contributed by atoms with Crippen molar-refractivity contribution in [2.75, 3.05) is 27.4 Å². The molecule has 2 N–H and O–H groups in total. The van der Waals surface area contributed by atoms with Gasteiger partial charge in [-0.25, -0.2) is 4.98 Å². The topological polar surface area (TPSA) is 162 Å². The molecular weight excluding hydrogens is 580 g/mol. The summed E-state index contributed by atoms with van der Waals surface area (Å²) < 4.78 is 23.6. The highest BCUT2D eigenvalue weighted by Gasteiger charge is 2.28. The number of rotatable bonds is 15. The summed E-state index contributed by atoms with van der Waals surface area (Å²) >= 11 is 1.18. The number of carboxylic acids is 2. The molecule has 2 aromatic carbocycles. The van der Waals surface area contributed by atoms with Crippen molar-refractivity contribution < 1.29 is 48.3 Å². The van der Waals surface area contributed by atoms with E-state index in [1.165, 1.54) is 39.4 Å². The number of aromatic nitrogens is 1. The Morgan fingerprint density at radius 1 is 0.837 bits per heavy atom. The predicted octanol–water partition coefficient (Wildman–Crippen LogP) is 4.41. The molecule has 2 atom stereocenters. The van der Waals surface area contributed by atoms with E-state index in [0.717, 1.165) is 15.8 Å². The van der Waals surface area contributed by atoms with Crippen LogP contribution in [-0.2, 0) is 27.5 Å². The molecule has 0 saturated carbocycles. The van der Waals surface area contributed by atoms with Crippen molar-refractivity contribution in [1.29, 1.82) is 0 Å². The number of carbonyl (C=O) groups excluding carboxylic acids is 2. The number of methoxy groups -OCH3 is 2. The molecule has 230 valence electrons. The van der Waals surface area contributed by atoms with E-state index in [1.54, 1.807) is 17.0 Å². The Balaban J connectivity index is 1.34. The van der Waals surface area contributed by atoms with Gasteiger partial charge in [0, 0.05) is 44.5 Å². The van der Waals surface area contributed by atoms with Crippen molar-refractivity contribution in [1.82, 2.24) is 9.88 Å². The van der Waals surface area contributed by atoms with Crippen LogP contribution in [-0.4, -0.2) is 71.2 Å². The Morgan fingerprint density at radius 2 is 1.37 bits per heavy atom. The number of ether oxygens (including phenoxy) is 4. The average Bonchev–Trinajstić information content (AvgIpc) is 3.59. The van der Waals surface area contributed by atoms with E-state index in [4.69, 9.17) is 29.2 Å². The van der Waals surface area contributed by atoms with E-state index in [2.05, 4.69) is 4.98 Å². The molecular formula is C30H34N2O10S. The normalized spacial score (nSPS) is 13.7. The molecule has 1 aromatic heterocycles. The molecule has 0 aliphatic carbocycles. The quantitative estimate of drug-likeness (QED) is 0.184. The highest BCUT2D eigenvalue weighted by molar-refractivity contribution is 7.20. The van der Waals surface area contributed by atoms with Crippen molar-refractivity contribution in [3.05, 3.63) is 40.4 Å². The van der Waals surface area contributed by atoms with Crippen molar-refractivity contribution in [2.24, 2.45) is 11.8 Å². The third-order valence-electron chi connectivity index (χ3n) is 7.09. The molecule has 43 heavy (non-hydrogen) atoms. The Morgan fingerprint density at radius 3 is 1.95 bits per heavy atom. The van der Waals surface area contributed by atoms with Gasteiger partial charge in [0.1, 0.15) is 0 Å². The highest BCUT2D eigenvalue weighted by atomic mass is 32.1. The monoisotopic (exact) mass is 614 g/mol. The van der Waals surface area contributed by atoms with Crippen LogP contribution >= 0.6 is 11.3 Å². The summed E-state index contributed by atoms with van der Waals surface area (Å²) in [5.41, 5.74) is 2.39. The predicted molar refractivity (Wildman–Crippen MR) is 156 cm³/mol. The van der Waals surface area contributed by atoms with E-state index in [-0.39, 0.29) is 29.5 Å². The van der Waals surface area contributed by atoms with Crippen LogP contribution in [0.2, 0.25) is 0 Å². The van der Waals surface area contributed by atoms with Crippen LogP contribution in [0, 0.1) is 11.8 Å². The van der Waals surface area contributed by atoms with E-state index in [9.17, 15) is 19.2 Å². The second-order valence-corrected chi connectivity index (χ2v) is 11.4. The fourth-order valence-corrected chi connectivity index (χ4v) is 5.46. The molecule has 1 aliphatic heterocycles. The van der Waals surface area contributed by atoms with Crippen LogP contribution in [0.15, 0.2) is 24.3 Å². The molecule has 0 fully saturated rings. The first kappa shape index (κ1) is 31.5. The molecule has 4 rings (SSSR count).